The number of carbonyl (C=O) groups excluding carboxylic acids is 1. The number of aliphatic carboxylic acids is 1. The molecule has 2 rings (SSSR count). The minimum absolute atomic E-state index is 0.204. The Labute approximate surface area is 129 Å². The summed E-state index contributed by atoms with van der Waals surface area (Å²) < 4.78 is 0. The highest BCUT2D eigenvalue weighted by molar-refractivity contribution is 8.00. The lowest BCUT2D eigenvalue weighted by atomic mass is 9.98. The molecule has 0 saturated heterocycles. The van der Waals surface area contributed by atoms with Gasteiger partial charge in [0.25, 0.3) is 0 Å². The summed E-state index contributed by atoms with van der Waals surface area (Å²) in [6, 6.07) is 6.10. The molecule has 0 atom stereocenters. The molecule has 1 aromatic carbocycles. The van der Waals surface area contributed by atoms with Crippen LogP contribution < -0.4 is 5.32 Å². The maximum atomic E-state index is 12.1. The summed E-state index contributed by atoms with van der Waals surface area (Å²) in [6.45, 7) is 4.05. The van der Waals surface area contributed by atoms with Crippen molar-refractivity contribution in [1.82, 2.24) is 5.32 Å². The van der Waals surface area contributed by atoms with Crippen LogP contribution in [-0.2, 0) is 9.59 Å². The van der Waals surface area contributed by atoms with Crippen molar-refractivity contribution in [3.05, 3.63) is 29.3 Å². The Kier molecular flexibility index (Phi) is 4.93. The van der Waals surface area contributed by atoms with Crippen LogP contribution >= 0.6 is 11.8 Å². The van der Waals surface area contributed by atoms with Gasteiger partial charge in [0.05, 0.1) is 5.75 Å². The molecular weight excluding hydrogens is 286 g/mol. The Morgan fingerprint density at radius 2 is 1.95 bits per heavy atom. The zero-order valence-corrected chi connectivity index (χ0v) is 13.3. The number of hydrogen-bond donors (Lipinski definition) is 2. The molecule has 0 heterocycles. The van der Waals surface area contributed by atoms with Crippen LogP contribution in [0.3, 0.4) is 0 Å². The Hall–Kier alpha value is -1.49. The van der Waals surface area contributed by atoms with Crippen molar-refractivity contribution in [2.75, 3.05) is 5.75 Å². The molecule has 1 aliphatic carbocycles. The third-order valence-corrected chi connectivity index (χ3v) is 5.11. The number of carboxylic acid groups (broad SMARTS) is 1. The standard InChI is InChI=1S/C16H21NO3S/c1-11-5-6-13(12(2)9-11)21-10-14(18)17-16(15(19)20)7-3-4-8-16/h5-6,9H,3-4,7-8,10H2,1-2H3,(H,17,18)(H,19,20). The highest BCUT2D eigenvalue weighted by Crippen LogP contribution is 2.30. The van der Waals surface area contributed by atoms with Crippen LogP contribution in [0.25, 0.3) is 0 Å². The third kappa shape index (κ3) is 3.79. The number of amides is 1. The number of thioether (sulfide) groups is 1. The summed E-state index contributed by atoms with van der Waals surface area (Å²) in [5, 5.41) is 12.1. The molecule has 5 heteroatoms. The summed E-state index contributed by atoms with van der Waals surface area (Å²) in [5.41, 5.74) is 1.29. The van der Waals surface area contributed by atoms with Crippen molar-refractivity contribution in [3.8, 4) is 0 Å². The molecule has 4 nitrogen and oxygen atoms in total. The van der Waals surface area contributed by atoms with Crippen molar-refractivity contribution >= 4 is 23.6 Å². The second kappa shape index (κ2) is 6.52. The first-order chi connectivity index (χ1) is 9.93. The molecule has 21 heavy (non-hydrogen) atoms. The minimum atomic E-state index is -1.04. The molecule has 1 fully saturated rings. The lowest BCUT2D eigenvalue weighted by molar-refractivity contribution is -0.147. The quantitative estimate of drug-likeness (QED) is 0.821. The van der Waals surface area contributed by atoms with Gasteiger partial charge in [-0.05, 0) is 38.3 Å². The van der Waals surface area contributed by atoms with Gasteiger partial charge in [-0.2, -0.15) is 0 Å². The summed E-state index contributed by atoms with van der Waals surface area (Å²) in [6.07, 6.45) is 2.78. The Balaban J connectivity index is 1.94. The summed E-state index contributed by atoms with van der Waals surface area (Å²) in [4.78, 5) is 24.5. The average molecular weight is 307 g/mol. The minimum Gasteiger partial charge on any atom is -0.480 e. The molecule has 1 aromatic rings. The number of carboxylic acids is 1. The predicted molar refractivity (Wildman–Crippen MR) is 83.6 cm³/mol. The van der Waals surface area contributed by atoms with Crippen LogP contribution in [0.15, 0.2) is 23.1 Å². The van der Waals surface area contributed by atoms with Crippen molar-refractivity contribution in [2.45, 2.75) is 50.0 Å². The van der Waals surface area contributed by atoms with Gasteiger partial charge in [0.2, 0.25) is 5.91 Å². The van der Waals surface area contributed by atoms with Gasteiger partial charge in [-0.3, -0.25) is 4.79 Å². The molecule has 0 unspecified atom stereocenters. The van der Waals surface area contributed by atoms with Crippen LogP contribution in [0.5, 0.6) is 0 Å². The molecule has 0 aliphatic heterocycles. The average Bonchev–Trinajstić information content (AvgIpc) is 2.87. The molecular formula is C16H21NO3S. The summed E-state index contributed by atoms with van der Waals surface area (Å²) in [7, 11) is 0. The number of hydrogen-bond acceptors (Lipinski definition) is 3. The predicted octanol–water partition coefficient (Wildman–Crippen LogP) is 2.91. The van der Waals surface area contributed by atoms with Crippen LogP contribution in [-0.4, -0.2) is 28.3 Å². The monoisotopic (exact) mass is 307 g/mol. The van der Waals surface area contributed by atoms with E-state index in [1.54, 1.807) is 0 Å². The van der Waals surface area contributed by atoms with Gasteiger partial charge in [-0.15, -0.1) is 11.8 Å². The van der Waals surface area contributed by atoms with Crippen LogP contribution in [0.1, 0.15) is 36.8 Å². The Morgan fingerprint density at radius 1 is 1.29 bits per heavy atom. The van der Waals surface area contributed by atoms with Crippen molar-refractivity contribution in [3.63, 3.8) is 0 Å². The molecule has 1 saturated carbocycles. The first-order valence-corrected chi connectivity index (χ1v) is 8.16. The molecule has 114 valence electrons. The van der Waals surface area contributed by atoms with E-state index in [1.165, 1.54) is 17.3 Å². The van der Waals surface area contributed by atoms with Crippen molar-refractivity contribution in [1.29, 1.82) is 0 Å². The fraction of sp³-hybridized carbons (Fsp3) is 0.500. The highest BCUT2D eigenvalue weighted by atomic mass is 32.2. The van der Waals surface area contributed by atoms with Gasteiger partial charge in [-0.25, -0.2) is 4.79 Å². The molecule has 1 amide bonds. The van der Waals surface area contributed by atoms with Gasteiger partial charge in [0, 0.05) is 4.90 Å². The van der Waals surface area contributed by atoms with Gasteiger partial charge in [-0.1, -0.05) is 30.5 Å². The van der Waals surface area contributed by atoms with E-state index in [-0.39, 0.29) is 11.7 Å². The fourth-order valence-electron chi connectivity index (χ4n) is 2.78. The molecule has 0 radical (unpaired) electrons. The maximum absolute atomic E-state index is 12.1. The molecule has 1 aliphatic rings. The first-order valence-electron chi connectivity index (χ1n) is 7.17. The van der Waals surface area contributed by atoms with E-state index in [0.717, 1.165) is 23.3 Å². The molecule has 2 N–H and O–H groups in total. The zero-order valence-electron chi connectivity index (χ0n) is 12.4. The number of benzene rings is 1. The van der Waals surface area contributed by atoms with E-state index < -0.39 is 11.5 Å². The summed E-state index contributed by atoms with van der Waals surface area (Å²) >= 11 is 1.45. The van der Waals surface area contributed by atoms with Crippen molar-refractivity contribution in [2.24, 2.45) is 0 Å². The van der Waals surface area contributed by atoms with E-state index in [0.29, 0.717) is 12.8 Å². The van der Waals surface area contributed by atoms with Gasteiger partial charge in [0.1, 0.15) is 5.54 Å². The molecule has 0 bridgehead atoms. The van der Waals surface area contributed by atoms with E-state index in [4.69, 9.17) is 0 Å². The number of nitrogens with one attached hydrogen (secondary N) is 1. The van der Waals surface area contributed by atoms with E-state index in [2.05, 4.69) is 11.4 Å². The van der Waals surface area contributed by atoms with E-state index >= 15 is 0 Å². The fourth-order valence-corrected chi connectivity index (χ4v) is 3.59. The van der Waals surface area contributed by atoms with Gasteiger partial charge >= 0.3 is 5.97 Å². The third-order valence-electron chi connectivity index (χ3n) is 3.93. The van der Waals surface area contributed by atoms with E-state index in [9.17, 15) is 14.7 Å². The van der Waals surface area contributed by atoms with Gasteiger partial charge in [0.15, 0.2) is 0 Å². The largest absolute Gasteiger partial charge is 0.480 e. The van der Waals surface area contributed by atoms with Crippen LogP contribution in [0.2, 0.25) is 0 Å². The molecule has 0 aromatic heterocycles. The SMILES string of the molecule is Cc1ccc(SCC(=O)NC2(C(=O)O)CCCC2)c(C)c1. The Morgan fingerprint density at radius 3 is 2.52 bits per heavy atom. The topological polar surface area (TPSA) is 66.4 Å². The van der Waals surface area contributed by atoms with Crippen LogP contribution in [0, 0.1) is 13.8 Å². The molecule has 0 spiro atoms. The second-order valence-electron chi connectivity index (χ2n) is 5.70. The normalized spacial score (nSPS) is 16.7. The number of carbonyl (C=O) groups is 2. The maximum Gasteiger partial charge on any atom is 0.329 e. The lowest BCUT2D eigenvalue weighted by Gasteiger charge is -2.25. The Bertz CT molecular complexity index is 550. The number of rotatable bonds is 5. The first kappa shape index (κ1) is 15.9. The highest BCUT2D eigenvalue weighted by Gasteiger charge is 2.42. The van der Waals surface area contributed by atoms with Crippen LogP contribution in [0.4, 0.5) is 0 Å². The van der Waals surface area contributed by atoms with Gasteiger partial charge < -0.3 is 10.4 Å². The zero-order chi connectivity index (χ0) is 15.5. The van der Waals surface area contributed by atoms with E-state index in [1.807, 2.05) is 26.0 Å². The smallest absolute Gasteiger partial charge is 0.329 e. The number of aryl methyl sites for hydroxylation is 2. The lowest BCUT2D eigenvalue weighted by Crippen LogP contribution is -2.53. The van der Waals surface area contributed by atoms with Crippen molar-refractivity contribution < 1.29 is 14.7 Å². The second-order valence-corrected chi connectivity index (χ2v) is 6.72. The summed E-state index contributed by atoms with van der Waals surface area (Å²) in [5.74, 6) is -0.868.